The molecule has 0 unspecified atom stereocenters. The lowest BCUT2D eigenvalue weighted by Crippen LogP contribution is -2.47. The van der Waals surface area contributed by atoms with Crippen LogP contribution in [-0.2, 0) is 19.3 Å². The van der Waals surface area contributed by atoms with Crippen molar-refractivity contribution < 1.29 is 22.7 Å². The Bertz CT molecular complexity index is 1170. The normalized spacial score (nSPS) is 19.7. The van der Waals surface area contributed by atoms with Crippen molar-refractivity contribution in [1.82, 2.24) is 15.3 Å². The minimum atomic E-state index is -3.43. The first-order valence-electron chi connectivity index (χ1n) is 12.3. The van der Waals surface area contributed by atoms with Crippen molar-refractivity contribution in [2.45, 2.75) is 50.4 Å². The molecule has 2 saturated heterocycles. The summed E-state index contributed by atoms with van der Waals surface area (Å²) in [5, 5.41) is 2.93. The van der Waals surface area contributed by atoms with Gasteiger partial charge in [-0.2, -0.15) is 4.98 Å². The molecule has 196 valence electrons. The van der Waals surface area contributed by atoms with Crippen LogP contribution in [0.4, 0.5) is 16.6 Å². The molecule has 2 aliphatic rings. The number of nitrogens with one attached hydrogen (secondary N) is 1. The number of hydrogen-bond acceptors (Lipinski definition) is 9. The smallest absolute Gasteiger partial charge is 0.410 e. The van der Waals surface area contributed by atoms with Crippen LogP contribution in [-0.4, -0.2) is 75.7 Å². The van der Waals surface area contributed by atoms with E-state index in [0.29, 0.717) is 68.9 Å². The highest BCUT2D eigenvalue weighted by molar-refractivity contribution is 7.91. The van der Waals surface area contributed by atoms with Crippen LogP contribution in [0.1, 0.15) is 39.3 Å². The summed E-state index contributed by atoms with van der Waals surface area (Å²) in [7, 11) is -3.43. The topological polar surface area (TPSA) is 114 Å². The van der Waals surface area contributed by atoms with E-state index < -0.39 is 20.7 Å². The number of hydrogen-bond donors (Lipinski definition) is 1. The maximum Gasteiger partial charge on any atom is 0.412 e. The van der Waals surface area contributed by atoms with E-state index in [2.05, 4.69) is 22.0 Å². The van der Waals surface area contributed by atoms with E-state index in [1.807, 2.05) is 18.2 Å². The van der Waals surface area contributed by atoms with E-state index in [-0.39, 0.29) is 12.1 Å². The number of ether oxygens (including phenoxy) is 2. The summed E-state index contributed by atoms with van der Waals surface area (Å²) in [5.74, 6) is 1.70. The minimum absolute atomic E-state index is 0.0353. The molecule has 2 fully saturated rings. The minimum Gasteiger partial charge on any atom is -0.410 e. The number of benzene rings is 1. The predicted molar refractivity (Wildman–Crippen MR) is 138 cm³/mol. The maximum absolute atomic E-state index is 12.6. The monoisotopic (exact) mass is 517 g/mol. The highest BCUT2D eigenvalue weighted by atomic mass is 32.2. The summed E-state index contributed by atoms with van der Waals surface area (Å²) in [5.41, 5.74) is 0.468. The zero-order valence-electron chi connectivity index (χ0n) is 21.3. The lowest BCUT2D eigenvalue weighted by Gasteiger charge is -2.37. The molecule has 1 aromatic heterocycles. The van der Waals surface area contributed by atoms with Gasteiger partial charge in [-0.15, -0.1) is 0 Å². The fourth-order valence-electron chi connectivity index (χ4n) is 4.29. The van der Waals surface area contributed by atoms with E-state index in [9.17, 15) is 13.2 Å². The molecule has 1 aromatic carbocycles. The summed E-state index contributed by atoms with van der Waals surface area (Å²) in [6.07, 6.45) is 2.14. The fraction of sp³-hybridized carbons (Fsp3) is 0.560. The van der Waals surface area contributed by atoms with Gasteiger partial charge >= 0.3 is 6.09 Å². The number of amides is 1. The van der Waals surface area contributed by atoms with Crippen LogP contribution in [0.25, 0.3) is 0 Å². The van der Waals surface area contributed by atoms with Crippen LogP contribution in [0.5, 0.6) is 5.75 Å². The van der Waals surface area contributed by atoms with Gasteiger partial charge in [0.05, 0.1) is 24.9 Å². The van der Waals surface area contributed by atoms with Gasteiger partial charge < -0.3 is 24.6 Å². The molecule has 2 aliphatic heterocycles. The van der Waals surface area contributed by atoms with Crippen molar-refractivity contribution in [1.29, 1.82) is 0 Å². The molecule has 0 radical (unpaired) electrons. The molecule has 0 saturated carbocycles. The van der Waals surface area contributed by atoms with Gasteiger partial charge in [0.15, 0.2) is 9.84 Å². The second kappa shape index (κ2) is 10.6. The van der Waals surface area contributed by atoms with Crippen LogP contribution < -0.4 is 19.9 Å². The Morgan fingerprint density at radius 3 is 2.47 bits per heavy atom. The Morgan fingerprint density at radius 2 is 1.83 bits per heavy atom. The largest absolute Gasteiger partial charge is 0.412 e. The third kappa shape index (κ3) is 5.89. The van der Waals surface area contributed by atoms with Gasteiger partial charge in [0.1, 0.15) is 16.3 Å². The number of piperidine rings is 1. The molecule has 1 atom stereocenters. The van der Waals surface area contributed by atoms with Gasteiger partial charge in [-0.1, -0.05) is 18.2 Å². The molecule has 4 rings (SSSR count). The number of morpholine rings is 1. The standard InChI is InChI=1S/C25H35N5O5S/c1-18-17-34-15-14-30(18)22-16-21(25(2,3)36(4,32)33)27-23(28-22)29-12-10-19(11-13-29)26-24(31)35-20-8-6-5-7-9-20/h5-9,16,18-19H,10-15,17H2,1-4H3,(H,26,31)/t18-/m0/s1. The molecule has 0 bridgehead atoms. The quantitative estimate of drug-likeness (QED) is 0.618. The van der Waals surface area contributed by atoms with Crippen molar-refractivity contribution in [3.05, 3.63) is 42.1 Å². The fourth-order valence-corrected chi connectivity index (χ4v) is 4.78. The Morgan fingerprint density at radius 1 is 1.14 bits per heavy atom. The highest BCUT2D eigenvalue weighted by Gasteiger charge is 2.36. The van der Waals surface area contributed by atoms with Crippen LogP contribution in [0.2, 0.25) is 0 Å². The lowest BCUT2D eigenvalue weighted by molar-refractivity contribution is 0.0985. The summed E-state index contributed by atoms with van der Waals surface area (Å²) in [6, 6.07) is 10.8. The van der Waals surface area contributed by atoms with Gasteiger partial charge in [0.2, 0.25) is 5.95 Å². The van der Waals surface area contributed by atoms with Crippen LogP contribution in [0, 0.1) is 0 Å². The van der Waals surface area contributed by atoms with Gasteiger partial charge in [-0.05, 0) is 45.7 Å². The Kier molecular flexibility index (Phi) is 7.70. The van der Waals surface area contributed by atoms with Gasteiger partial charge in [0.25, 0.3) is 0 Å². The number of carbonyl (C=O) groups excluding carboxylic acids is 1. The van der Waals surface area contributed by atoms with Gasteiger partial charge in [-0.25, -0.2) is 18.2 Å². The van der Waals surface area contributed by atoms with Gasteiger partial charge in [-0.3, -0.25) is 0 Å². The number of para-hydroxylation sites is 1. The third-order valence-electron chi connectivity index (χ3n) is 6.96. The van der Waals surface area contributed by atoms with E-state index >= 15 is 0 Å². The zero-order valence-corrected chi connectivity index (χ0v) is 22.1. The van der Waals surface area contributed by atoms with Crippen LogP contribution >= 0.6 is 0 Å². The Balaban J connectivity index is 1.50. The third-order valence-corrected chi connectivity index (χ3v) is 9.02. The molecule has 2 aromatic rings. The summed E-state index contributed by atoms with van der Waals surface area (Å²) in [4.78, 5) is 26.1. The molecule has 11 heteroatoms. The molecule has 3 heterocycles. The summed E-state index contributed by atoms with van der Waals surface area (Å²) in [6.45, 7) is 8.50. The SMILES string of the molecule is C[C@H]1COCCN1c1cc(C(C)(C)S(C)(=O)=O)nc(N2CCC(NC(=O)Oc3ccccc3)CC2)n1. The number of nitrogens with zero attached hydrogens (tertiary/aromatic N) is 4. The van der Waals surface area contributed by atoms with E-state index in [1.165, 1.54) is 6.26 Å². The molecule has 0 spiro atoms. The molecule has 0 aliphatic carbocycles. The Labute approximate surface area is 212 Å². The molecule has 10 nitrogen and oxygen atoms in total. The summed E-state index contributed by atoms with van der Waals surface area (Å²) >= 11 is 0. The number of aromatic nitrogens is 2. The van der Waals surface area contributed by atoms with Crippen LogP contribution in [0.3, 0.4) is 0 Å². The number of carbonyl (C=O) groups is 1. The van der Waals surface area contributed by atoms with Crippen molar-refractivity contribution in [2.75, 3.05) is 48.9 Å². The second-order valence-electron chi connectivity index (χ2n) is 9.92. The van der Waals surface area contributed by atoms with Crippen molar-refractivity contribution in [3.63, 3.8) is 0 Å². The first-order valence-corrected chi connectivity index (χ1v) is 14.2. The number of rotatable bonds is 6. The molecule has 1 amide bonds. The second-order valence-corrected chi connectivity index (χ2v) is 12.5. The Hall–Kier alpha value is -2.92. The van der Waals surface area contributed by atoms with E-state index in [0.717, 1.165) is 0 Å². The first-order chi connectivity index (χ1) is 17.0. The molecule has 1 N–H and O–H groups in total. The predicted octanol–water partition coefficient (Wildman–Crippen LogP) is 2.74. The molecular weight excluding hydrogens is 482 g/mol. The van der Waals surface area contributed by atoms with Crippen molar-refractivity contribution in [2.24, 2.45) is 0 Å². The van der Waals surface area contributed by atoms with E-state index in [4.69, 9.17) is 19.4 Å². The van der Waals surface area contributed by atoms with Crippen molar-refractivity contribution >= 4 is 27.7 Å². The molecular formula is C25H35N5O5S. The maximum atomic E-state index is 12.6. The average Bonchev–Trinajstić information content (AvgIpc) is 2.84. The number of anilines is 2. The van der Waals surface area contributed by atoms with E-state index in [1.54, 1.807) is 32.0 Å². The molecule has 36 heavy (non-hydrogen) atoms. The number of sulfone groups is 1. The average molecular weight is 518 g/mol. The first kappa shape index (κ1) is 26.2. The lowest BCUT2D eigenvalue weighted by atomic mass is 10.1. The highest BCUT2D eigenvalue weighted by Crippen LogP contribution is 2.32. The zero-order chi connectivity index (χ0) is 25.9. The van der Waals surface area contributed by atoms with Crippen molar-refractivity contribution in [3.8, 4) is 5.75 Å². The van der Waals surface area contributed by atoms with Crippen LogP contribution in [0.15, 0.2) is 36.4 Å². The summed E-state index contributed by atoms with van der Waals surface area (Å²) < 4.78 is 35.0. The van der Waals surface area contributed by atoms with Gasteiger partial charge in [0, 0.05) is 38.0 Å².